The lowest BCUT2D eigenvalue weighted by Gasteiger charge is -2.32. The molecule has 0 bridgehead atoms. The van der Waals surface area contributed by atoms with Crippen LogP contribution in [0.2, 0.25) is 0 Å². The van der Waals surface area contributed by atoms with Crippen molar-refractivity contribution in [1.82, 2.24) is 9.21 Å². The highest BCUT2D eigenvalue weighted by Crippen LogP contribution is 2.40. The van der Waals surface area contributed by atoms with E-state index in [-0.39, 0.29) is 24.8 Å². The van der Waals surface area contributed by atoms with E-state index < -0.39 is 10.0 Å². The van der Waals surface area contributed by atoms with E-state index in [1.807, 2.05) is 19.9 Å². The molecular weight excluding hydrogens is 459 g/mol. The van der Waals surface area contributed by atoms with Crippen LogP contribution in [-0.4, -0.2) is 63.1 Å². The van der Waals surface area contributed by atoms with Gasteiger partial charge in [0.1, 0.15) is 17.1 Å². The Bertz CT molecular complexity index is 1370. The Kier molecular flexibility index (Phi) is 6.51. The molecule has 1 fully saturated rings. The second-order valence-corrected chi connectivity index (χ2v) is 10.4. The average Bonchev–Trinajstić information content (AvgIpc) is 3.23. The highest BCUT2D eigenvalue weighted by atomic mass is 32.2. The van der Waals surface area contributed by atoms with Gasteiger partial charge in [0.05, 0.1) is 19.6 Å². The first kappa shape index (κ1) is 24.0. The SMILES string of the molecule is COc1c(/C(C)=C/C(=O)N2CCN(S(C)(=O)=O)CC2)cc2c(-c3ccc(F)cc3)coc2c1C. The zero-order valence-corrected chi connectivity index (χ0v) is 20.4. The molecule has 0 saturated carbocycles. The van der Waals surface area contributed by atoms with Crippen LogP contribution in [0.25, 0.3) is 27.7 Å². The highest BCUT2D eigenvalue weighted by molar-refractivity contribution is 7.88. The van der Waals surface area contributed by atoms with Crippen LogP contribution in [0.15, 0.2) is 47.1 Å². The molecule has 34 heavy (non-hydrogen) atoms. The van der Waals surface area contributed by atoms with Crippen LogP contribution in [0.3, 0.4) is 0 Å². The lowest BCUT2D eigenvalue weighted by molar-refractivity contribution is -0.127. The molecule has 0 spiro atoms. The van der Waals surface area contributed by atoms with E-state index in [1.54, 1.807) is 36.5 Å². The maximum absolute atomic E-state index is 13.4. The number of sulfonamides is 1. The van der Waals surface area contributed by atoms with Crippen LogP contribution in [-0.2, 0) is 14.8 Å². The molecule has 0 N–H and O–H groups in total. The first-order valence-corrected chi connectivity index (χ1v) is 12.7. The zero-order valence-electron chi connectivity index (χ0n) is 19.6. The summed E-state index contributed by atoms with van der Waals surface area (Å²) >= 11 is 0. The van der Waals surface area contributed by atoms with Crippen LogP contribution in [0.4, 0.5) is 4.39 Å². The van der Waals surface area contributed by atoms with Gasteiger partial charge in [0.25, 0.3) is 0 Å². The number of ether oxygens (including phenoxy) is 1. The first-order valence-electron chi connectivity index (χ1n) is 10.9. The van der Waals surface area contributed by atoms with Crippen molar-refractivity contribution in [2.45, 2.75) is 13.8 Å². The van der Waals surface area contributed by atoms with Gasteiger partial charge >= 0.3 is 0 Å². The standard InChI is InChI=1S/C25H27FN2O5S/c1-16(13-23(29)27-9-11-28(12-10-27)34(4,30)31)20-14-21-22(18-5-7-19(26)8-6-18)15-33-25(21)17(2)24(20)32-3/h5-8,13-15H,9-12H2,1-4H3/b16-13+. The number of hydrogen-bond donors (Lipinski definition) is 0. The van der Waals surface area contributed by atoms with Crippen LogP contribution in [0.5, 0.6) is 5.75 Å². The smallest absolute Gasteiger partial charge is 0.246 e. The van der Waals surface area contributed by atoms with Crippen LogP contribution >= 0.6 is 0 Å². The summed E-state index contributed by atoms with van der Waals surface area (Å²) in [5.41, 5.74) is 4.56. The predicted molar refractivity (Wildman–Crippen MR) is 130 cm³/mol. The maximum atomic E-state index is 13.4. The van der Waals surface area contributed by atoms with Crippen molar-refractivity contribution in [3.05, 3.63) is 59.6 Å². The number of halogens is 1. The van der Waals surface area contributed by atoms with Gasteiger partial charge < -0.3 is 14.1 Å². The van der Waals surface area contributed by atoms with Gasteiger partial charge in [-0.1, -0.05) is 12.1 Å². The summed E-state index contributed by atoms with van der Waals surface area (Å²) in [6.45, 7) is 4.96. The van der Waals surface area contributed by atoms with Crippen molar-refractivity contribution in [3.8, 4) is 16.9 Å². The number of nitrogens with zero attached hydrogens (tertiary/aromatic N) is 2. The molecule has 9 heteroatoms. The number of allylic oxidation sites excluding steroid dienone is 1. The van der Waals surface area contributed by atoms with Crippen LogP contribution < -0.4 is 4.74 Å². The topological polar surface area (TPSA) is 80.1 Å². The van der Waals surface area contributed by atoms with Gasteiger partial charge in [0.15, 0.2) is 0 Å². The van der Waals surface area contributed by atoms with Gasteiger partial charge in [0, 0.05) is 54.3 Å². The summed E-state index contributed by atoms with van der Waals surface area (Å²) in [4.78, 5) is 14.6. The molecule has 1 aliphatic rings. The second kappa shape index (κ2) is 9.23. The average molecular weight is 487 g/mol. The van der Waals surface area contributed by atoms with Crippen molar-refractivity contribution in [2.24, 2.45) is 0 Å². The minimum atomic E-state index is -3.27. The first-order chi connectivity index (χ1) is 16.1. The molecule has 1 saturated heterocycles. The number of aryl methyl sites for hydroxylation is 1. The Balaban J connectivity index is 1.68. The number of piperazine rings is 1. The Morgan fingerprint density at radius 2 is 1.79 bits per heavy atom. The third-order valence-electron chi connectivity index (χ3n) is 6.19. The number of benzene rings is 2. The monoisotopic (exact) mass is 486 g/mol. The number of rotatable bonds is 5. The van der Waals surface area contributed by atoms with Gasteiger partial charge in [-0.2, -0.15) is 4.31 Å². The third kappa shape index (κ3) is 4.58. The molecule has 2 heterocycles. The molecule has 0 aliphatic carbocycles. The lowest BCUT2D eigenvalue weighted by Crippen LogP contribution is -2.49. The molecule has 0 radical (unpaired) electrons. The van der Waals surface area contributed by atoms with E-state index in [0.717, 1.165) is 27.6 Å². The number of fused-ring (bicyclic) bond motifs is 1. The third-order valence-corrected chi connectivity index (χ3v) is 7.49. The van der Waals surface area contributed by atoms with Crippen molar-refractivity contribution < 1.29 is 26.8 Å². The fourth-order valence-electron chi connectivity index (χ4n) is 4.32. The van der Waals surface area contributed by atoms with Crippen LogP contribution in [0.1, 0.15) is 18.1 Å². The lowest BCUT2D eigenvalue weighted by atomic mass is 9.96. The number of methoxy groups -OCH3 is 1. The van der Waals surface area contributed by atoms with Gasteiger partial charge in [-0.15, -0.1) is 0 Å². The maximum Gasteiger partial charge on any atom is 0.246 e. The van der Waals surface area contributed by atoms with Gasteiger partial charge in [-0.3, -0.25) is 4.79 Å². The summed E-state index contributed by atoms with van der Waals surface area (Å²) in [7, 11) is -1.70. The van der Waals surface area contributed by atoms with Crippen molar-refractivity contribution >= 4 is 32.5 Å². The normalized spacial score (nSPS) is 15.7. The minimum Gasteiger partial charge on any atom is -0.496 e. The quantitative estimate of drug-likeness (QED) is 0.508. The number of carbonyl (C=O) groups is 1. The molecule has 0 atom stereocenters. The summed E-state index contributed by atoms with van der Waals surface area (Å²) < 4.78 is 49.8. The molecule has 1 amide bonds. The van der Waals surface area contributed by atoms with Crippen molar-refractivity contribution in [3.63, 3.8) is 0 Å². The Labute approximate surface area is 198 Å². The summed E-state index contributed by atoms with van der Waals surface area (Å²) in [6, 6.07) is 8.12. The van der Waals surface area contributed by atoms with E-state index in [0.29, 0.717) is 30.0 Å². The number of hydrogen-bond acceptors (Lipinski definition) is 5. The number of amides is 1. The zero-order chi connectivity index (χ0) is 24.6. The molecule has 2 aromatic carbocycles. The Morgan fingerprint density at radius 1 is 1.15 bits per heavy atom. The van der Waals surface area contributed by atoms with Crippen molar-refractivity contribution in [1.29, 1.82) is 0 Å². The molecule has 180 valence electrons. The molecule has 4 rings (SSSR count). The summed E-state index contributed by atoms with van der Waals surface area (Å²) in [5.74, 6) is 0.108. The van der Waals surface area contributed by atoms with E-state index in [9.17, 15) is 17.6 Å². The highest BCUT2D eigenvalue weighted by Gasteiger charge is 2.26. The molecule has 0 unspecified atom stereocenters. The van der Waals surface area contributed by atoms with Crippen LogP contribution in [0, 0.1) is 12.7 Å². The second-order valence-electron chi connectivity index (χ2n) is 8.43. The fraction of sp³-hybridized carbons (Fsp3) is 0.320. The molecular formula is C25H27FN2O5S. The van der Waals surface area contributed by atoms with Gasteiger partial charge in [0.2, 0.25) is 15.9 Å². The predicted octanol–water partition coefficient (Wildman–Crippen LogP) is 4.06. The largest absolute Gasteiger partial charge is 0.496 e. The molecule has 3 aromatic rings. The minimum absolute atomic E-state index is 0.184. The van der Waals surface area contributed by atoms with Gasteiger partial charge in [-0.05, 0) is 43.2 Å². The number of carbonyl (C=O) groups excluding carboxylic acids is 1. The van der Waals surface area contributed by atoms with E-state index in [4.69, 9.17) is 9.15 Å². The van der Waals surface area contributed by atoms with E-state index in [1.165, 1.54) is 22.7 Å². The van der Waals surface area contributed by atoms with E-state index >= 15 is 0 Å². The van der Waals surface area contributed by atoms with E-state index in [2.05, 4.69) is 0 Å². The molecule has 7 nitrogen and oxygen atoms in total. The Morgan fingerprint density at radius 3 is 2.38 bits per heavy atom. The van der Waals surface area contributed by atoms with Gasteiger partial charge in [-0.25, -0.2) is 12.8 Å². The molecule has 1 aromatic heterocycles. The summed E-state index contributed by atoms with van der Waals surface area (Å²) in [6.07, 6.45) is 4.37. The summed E-state index contributed by atoms with van der Waals surface area (Å²) in [5, 5.41) is 0.835. The number of furan rings is 1. The Hall–Kier alpha value is -3.17. The fourth-order valence-corrected chi connectivity index (χ4v) is 5.15. The van der Waals surface area contributed by atoms with Crippen molar-refractivity contribution in [2.75, 3.05) is 39.5 Å². The molecule has 1 aliphatic heterocycles.